The number of nitrogens with one attached hydrogen (secondary N) is 3. The summed E-state index contributed by atoms with van der Waals surface area (Å²) in [6, 6.07) is 6.67. The summed E-state index contributed by atoms with van der Waals surface area (Å²) in [6.45, 7) is 4.36. The number of hydrogen-bond acceptors (Lipinski definition) is 7. The van der Waals surface area contributed by atoms with Gasteiger partial charge in [-0.3, -0.25) is 14.9 Å². The van der Waals surface area contributed by atoms with E-state index in [1.165, 1.54) is 13.2 Å². The normalized spacial score (nSPS) is 32.5. The van der Waals surface area contributed by atoms with Crippen LogP contribution in [0.3, 0.4) is 0 Å². The van der Waals surface area contributed by atoms with Crippen molar-refractivity contribution >= 4 is 40.8 Å². The second-order valence-electron chi connectivity index (χ2n) is 13.1. The highest BCUT2D eigenvalue weighted by molar-refractivity contribution is 6.31. The van der Waals surface area contributed by atoms with Gasteiger partial charge >= 0.3 is 0 Å². The van der Waals surface area contributed by atoms with Crippen LogP contribution >= 0.6 is 23.2 Å². The number of aromatic nitrogens is 1. The van der Waals surface area contributed by atoms with Crippen LogP contribution in [0.4, 0.5) is 10.2 Å². The van der Waals surface area contributed by atoms with E-state index in [1.54, 1.807) is 24.3 Å². The van der Waals surface area contributed by atoms with Crippen LogP contribution in [0.2, 0.25) is 10.2 Å². The molecule has 1 aromatic heterocycles. The molecule has 6 rings (SSSR count). The molecule has 232 valence electrons. The van der Waals surface area contributed by atoms with Crippen molar-refractivity contribution in [3.63, 3.8) is 0 Å². The van der Waals surface area contributed by atoms with E-state index in [4.69, 9.17) is 32.7 Å². The summed E-state index contributed by atoms with van der Waals surface area (Å²) < 4.78 is 27.4. The van der Waals surface area contributed by atoms with Crippen LogP contribution in [-0.4, -0.2) is 72.1 Å². The Morgan fingerprint density at radius 1 is 1.21 bits per heavy atom. The van der Waals surface area contributed by atoms with Gasteiger partial charge in [-0.15, -0.1) is 0 Å². The lowest BCUT2D eigenvalue weighted by molar-refractivity contribution is -0.134. The average molecular weight is 636 g/mol. The molecule has 4 aliphatic rings. The number of aliphatic hydroxyl groups excluding tert-OH is 1. The maximum atomic E-state index is 16.1. The molecular weight excluding hydrogens is 598 g/mol. The van der Waals surface area contributed by atoms with Gasteiger partial charge < -0.3 is 25.2 Å². The first-order chi connectivity index (χ1) is 20.5. The summed E-state index contributed by atoms with van der Waals surface area (Å²) in [6.07, 6.45) is 2.25. The third-order valence-electron chi connectivity index (χ3n) is 10.2. The van der Waals surface area contributed by atoms with E-state index in [9.17, 15) is 14.7 Å². The van der Waals surface area contributed by atoms with Crippen LogP contribution in [0.15, 0.2) is 30.3 Å². The predicted molar refractivity (Wildman–Crippen MR) is 160 cm³/mol. The SMILES string of the molecule is CO[C@H]1C[C@@H](NC(=O)[C@@H]2NC3(CCC(C)(C)CC3)[C@@]3(C(=O)Nc4nc(Cl)ccc43)[C@H]2c2cccc(Cl)c2F)CO[C@@H]1CO. The molecule has 1 aliphatic carbocycles. The molecule has 2 aromatic rings. The molecule has 0 unspecified atom stereocenters. The number of rotatable bonds is 5. The zero-order valence-electron chi connectivity index (χ0n) is 24.4. The second kappa shape index (κ2) is 11.2. The van der Waals surface area contributed by atoms with Gasteiger partial charge in [-0.2, -0.15) is 0 Å². The molecule has 0 bridgehead atoms. The highest BCUT2D eigenvalue weighted by atomic mass is 35.5. The summed E-state index contributed by atoms with van der Waals surface area (Å²) in [5.41, 5.74) is -1.49. The largest absolute Gasteiger partial charge is 0.394 e. The van der Waals surface area contributed by atoms with E-state index < -0.39 is 47.0 Å². The molecule has 6 atom stereocenters. The monoisotopic (exact) mass is 634 g/mol. The topological polar surface area (TPSA) is 122 Å². The number of fused-ring (bicyclic) bond motifs is 3. The molecule has 2 saturated heterocycles. The molecule has 1 aromatic carbocycles. The van der Waals surface area contributed by atoms with E-state index in [0.717, 1.165) is 12.8 Å². The van der Waals surface area contributed by atoms with Gasteiger partial charge in [-0.1, -0.05) is 55.2 Å². The van der Waals surface area contributed by atoms with Crippen molar-refractivity contribution in [3.05, 3.63) is 57.5 Å². The lowest BCUT2D eigenvalue weighted by Gasteiger charge is -2.50. The summed E-state index contributed by atoms with van der Waals surface area (Å²) >= 11 is 12.6. The highest BCUT2D eigenvalue weighted by Crippen LogP contribution is 2.63. The van der Waals surface area contributed by atoms with Gasteiger partial charge in [0.15, 0.2) is 0 Å². The van der Waals surface area contributed by atoms with Gasteiger partial charge in [0.05, 0.1) is 36.4 Å². The van der Waals surface area contributed by atoms with E-state index in [1.807, 2.05) is 0 Å². The molecule has 4 N–H and O–H groups in total. The van der Waals surface area contributed by atoms with E-state index in [-0.39, 0.29) is 46.2 Å². The Hall–Kier alpha value is -2.34. The molecule has 3 aliphatic heterocycles. The van der Waals surface area contributed by atoms with E-state index in [2.05, 4.69) is 34.8 Å². The molecular formula is C31H37Cl2FN4O5. The Morgan fingerprint density at radius 3 is 2.65 bits per heavy atom. The maximum absolute atomic E-state index is 16.1. The summed E-state index contributed by atoms with van der Waals surface area (Å²) in [7, 11) is 1.53. The number of anilines is 1. The zero-order chi connectivity index (χ0) is 30.7. The van der Waals surface area contributed by atoms with Crippen LogP contribution in [-0.2, 0) is 24.5 Å². The maximum Gasteiger partial charge on any atom is 0.238 e. The smallest absolute Gasteiger partial charge is 0.238 e. The fourth-order valence-electron chi connectivity index (χ4n) is 7.94. The van der Waals surface area contributed by atoms with Crippen molar-refractivity contribution in [2.24, 2.45) is 5.41 Å². The van der Waals surface area contributed by atoms with E-state index in [0.29, 0.717) is 30.6 Å². The molecule has 2 amide bonds. The fraction of sp³-hybridized carbons (Fsp3) is 0.581. The van der Waals surface area contributed by atoms with Crippen molar-refractivity contribution in [1.82, 2.24) is 15.6 Å². The molecule has 12 heteroatoms. The summed E-state index contributed by atoms with van der Waals surface area (Å²) in [5, 5.41) is 19.4. The van der Waals surface area contributed by atoms with E-state index >= 15 is 4.39 Å². The number of carbonyl (C=O) groups is 2. The minimum atomic E-state index is -1.38. The van der Waals surface area contributed by atoms with Crippen molar-refractivity contribution in [3.8, 4) is 0 Å². The third kappa shape index (κ3) is 4.85. The number of halogens is 3. The number of carbonyl (C=O) groups excluding carboxylic acids is 2. The lowest BCUT2D eigenvalue weighted by atomic mass is 9.53. The first-order valence-electron chi connectivity index (χ1n) is 14.7. The standard InChI is InChI=1S/C31H37Cl2FN4O5/c1-29(2)9-11-30(12-10-29)31(18-7-8-22(33)36-26(18)37-28(31)41)23(17-5-4-6-19(32)24(17)34)25(38-30)27(40)35-16-13-20(42-3)21(14-39)43-15-16/h4-8,16,20-21,23,25,38-39H,9-15H2,1-3H3,(H,35,40)(H,36,37,41)/t16-,20+,21-,23+,25-,31-/m1/s1. The molecule has 3 fully saturated rings. The van der Waals surface area contributed by atoms with Crippen LogP contribution in [0, 0.1) is 11.2 Å². The number of ether oxygens (including phenoxy) is 2. The average Bonchev–Trinajstić information content (AvgIpc) is 3.44. The Kier molecular flexibility index (Phi) is 8.01. The number of methoxy groups -OCH3 is 1. The number of amides is 2. The molecule has 9 nitrogen and oxygen atoms in total. The molecule has 4 heterocycles. The van der Waals surface area contributed by atoms with Crippen LogP contribution in [0.5, 0.6) is 0 Å². The molecule has 1 saturated carbocycles. The van der Waals surface area contributed by atoms with Crippen molar-refractivity contribution in [2.45, 2.75) is 87.1 Å². The van der Waals surface area contributed by atoms with Gasteiger partial charge in [0, 0.05) is 24.1 Å². The molecule has 2 spiro atoms. The van der Waals surface area contributed by atoms with Gasteiger partial charge in [0.1, 0.15) is 28.3 Å². The Bertz CT molecular complexity index is 1430. The Labute approximate surface area is 260 Å². The predicted octanol–water partition coefficient (Wildman–Crippen LogP) is 4.09. The van der Waals surface area contributed by atoms with Crippen LogP contribution in [0.1, 0.15) is 63.0 Å². The fourth-order valence-corrected chi connectivity index (χ4v) is 8.27. The first kappa shape index (κ1) is 30.7. The van der Waals surface area contributed by atoms with Gasteiger partial charge in [0.25, 0.3) is 0 Å². The summed E-state index contributed by atoms with van der Waals surface area (Å²) in [5.74, 6) is -2.06. The minimum absolute atomic E-state index is 0.0271. The van der Waals surface area contributed by atoms with Gasteiger partial charge in [-0.05, 0) is 55.2 Å². The number of pyridine rings is 1. The lowest BCUT2D eigenvalue weighted by Crippen LogP contribution is -2.61. The quantitative estimate of drug-likeness (QED) is 0.366. The third-order valence-corrected chi connectivity index (χ3v) is 10.7. The van der Waals surface area contributed by atoms with Crippen molar-refractivity contribution in [1.29, 1.82) is 0 Å². The number of aliphatic hydroxyl groups is 1. The zero-order valence-corrected chi connectivity index (χ0v) is 25.9. The Morgan fingerprint density at radius 2 is 1.95 bits per heavy atom. The van der Waals surface area contributed by atoms with Crippen molar-refractivity contribution < 1.29 is 28.6 Å². The first-order valence-corrected chi connectivity index (χ1v) is 15.5. The number of nitrogens with zero attached hydrogens (tertiary/aromatic N) is 1. The Balaban J connectivity index is 1.49. The van der Waals surface area contributed by atoms with Gasteiger partial charge in [-0.25, -0.2) is 9.37 Å². The molecule has 0 radical (unpaired) electrons. The highest BCUT2D eigenvalue weighted by Gasteiger charge is 2.73. The number of benzene rings is 1. The minimum Gasteiger partial charge on any atom is -0.394 e. The number of hydrogen-bond donors (Lipinski definition) is 4. The van der Waals surface area contributed by atoms with Gasteiger partial charge in [0.2, 0.25) is 11.8 Å². The second-order valence-corrected chi connectivity index (χ2v) is 13.8. The molecule has 43 heavy (non-hydrogen) atoms. The van der Waals surface area contributed by atoms with Crippen LogP contribution < -0.4 is 16.0 Å². The van der Waals surface area contributed by atoms with Crippen LogP contribution in [0.25, 0.3) is 0 Å². The summed E-state index contributed by atoms with van der Waals surface area (Å²) in [4.78, 5) is 33.3. The van der Waals surface area contributed by atoms with Crippen molar-refractivity contribution in [2.75, 3.05) is 25.6 Å².